The summed E-state index contributed by atoms with van der Waals surface area (Å²) in [6.07, 6.45) is 3.45. The number of hydrogen-bond donors (Lipinski definition) is 2. The monoisotopic (exact) mass is 360 g/mol. The maximum Gasteiger partial charge on any atom is 0.333 e. The SMILES string of the molecule is COc1cc(C)c2[nH]ccc2c1C(C(=O)O)n1cc2ccc(C#N)cc2n1. The predicted octanol–water partition coefficient (Wildman–Crippen LogP) is 3.38. The van der Waals surface area contributed by atoms with Gasteiger partial charge in [0.05, 0.1) is 24.3 Å². The van der Waals surface area contributed by atoms with Crippen LogP contribution in [0.15, 0.2) is 42.7 Å². The molecule has 0 bridgehead atoms. The smallest absolute Gasteiger partial charge is 0.333 e. The number of aromatic nitrogens is 3. The average molecular weight is 360 g/mol. The second-order valence-corrected chi connectivity index (χ2v) is 6.31. The lowest BCUT2D eigenvalue weighted by Crippen LogP contribution is -2.22. The zero-order chi connectivity index (χ0) is 19.1. The van der Waals surface area contributed by atoms with Crippen molar-refractivity contribution >= 4 is 27.8 Å². The van der Waals surface area contributed by atoms with Gasteiger partial charge in [-0.05, 0) is 42.8 Å². The lowest BCUT2D eigenvalue weighted by atomic mass is 9.98. The van der Waals surface area contributed by atoms with E-state index < -0.39 is 12.0 Å². The first-order chi connectivity index (χ1) is 13.0. The molecule has 27 heavy (non-hydrogen) atoms. The van der Waals surface area contributed by atoms with Crippen molar-refractivity contribution in [1.29, 1.82) is 5.26 Å². The maximum atomic E-state index is 12.2. The fourth-order valence-electron chi connectivity index (χ4n) is 3.46. The molecule has 2 heterocycles. The number of benzene rings is 2. The molecule has 0 radical (unpaired) electrons. The van der Waals surface area contributed by atoms with E-state index in [4.69, 9.17) is 10.00 Å². The Balaban J connectivity index is 1.99. The van der Waals surface area contributed by atoms with E-state index in [1.807, 2.05) is 19.1 Å². The Labute approximate surface area is 154 Å². The van der Waals surface area contributed by atoms with Gasteiger partial charge in [0.25, 0.3) is 0 Å². The van der Waals surface area contributed by atoms with Gasteiger partial charge in [-0.1, -0.05) is 0 Å². The number of H-pyrrole nitrogens is 1. The fraction of sp³-hybridized carbons (Fsp3) is 0.150. The van der Waals surface area contributed by atoms with Gasteiger partial charge in [0.15, 0.2) is 6.04 Å². The Bertz CT molecular complexity index is 1230. The van der Waals surface area contributed by atoms with E-state index in [1.54, 1.807) is 30.6 Å². The van der Waals surface area contributed by atoms with Gasteiger partial charge in [0.2, 0.25) is 0 Å². The molecule has 2 N–H and O–H groups in total. The zero-order valence-corrected chi connectivity index (χ0v) is 14.7. The van der Waals surface area contributed by atoms with E-state index in [0.29, 0.717) is 22.4 Å². The number of carboxylic acid groups (broad SMARTS) is 1. The molecule has 0 saturated heterocycles. The molecule has 7 nitrogen and oxygen atoms in total. The minimum absolute atomic E-state index is 0.473. The first kappa shape index (κ1) is 16.7. The van der Waals surface area contributed by atoms with Crippen molar-refractivity contribution < 1.29 is 14.6 Å². The van der Waals surface area contributed by atoms with Gasteiger partial charge in [-0.15, -0.1) is 0 Å². The van der Waals surface area contributed by atoms with E-state index in [0.717, 1.165) is 21.9 Å². The van der Waals surface area contributed by atoms with Crippen LogP contribution in [0.3, 0.4) is 0 Å². The number of aromatic amines is 1. The van der Waals surface area contributed by atoms with E-state index in [2.05, 4.69) is 16.2 Å². The lowest BCUT2D eigenvalue weighted by Gasteiger charge is -2.19. The number of nitrogens with zero attached hydrogens (tertiary/aromatic N) is 3. The van der Waals surface area contributed by atoms with Crippen molar-refractivity contribution in [2.45, 2.75) is 13.0 Å². The first-order valence-corrected chi connectivity index (χ1v) is 8.30. The highest BCUT2D eigenvalue weighted by atomic mass is 16.5. The van der Waals surface area contributed by atoms with Crippen molar-refractivity contribution in [1.82, 2.24) is 14.8 Å². The van der Waals surface area contributed by atoms with Crippen LogP contribution in [0.25, 0.3) is 21.8 Å². The number of aliphatic carboxylic acids is 1. The normalized spacial score (nSPS) is 12.2. The van der Waals surface area contributed by atoms with Crippen molar-refractivity contribution in [3.8, 4) is 11.8 Å². The fourth-order valence-corrected chi connectivity index (χ4v) is 3.46. The summed E-state index contributed by atoms with van der Waals surface area (Å²) in [6.45, 7) is 1.94. The summed E-state index contributed by atoms with van der Waals surface area (Å²) < 4.78 is 6.92. The number of nitrogens with one attached hydrogen (secondary N) is 1. The quantitative estimate of drug-likeness (QED) is 0.580. The highest BCUT2D eigenvalue weighted by Gasteiger charge is 2.29. The highest BCUT2D eigenvalue weighted by Crippen LogP contribution is 2.37. The molecule has 2 aromatic carbocycles. The van der Waals surface area contributed by atoms with E-state index in [9.17, 15) is 9.90 Å². The molecule has 2 aromatic heterocycles. The van der Waals surface area contributed by atoms with E-state index in [-0.39, 0.29) is 0 Å². The average Bonchev–Trinajstić information content (AvgIpc) is 3.29. The molecule has 0 fully saturated rings. The number of carbonyl (C=O) groups is 1. The Morgan fingerprint density at radius 1 is 1.37 bits per heavy atom. The van der Waals surface area contributed by atoms with Gasteiger partial charge >= 0.3 is 5.97 Å². The van der Waals surface area contributed by atoms with Gasteiger partial charge < -0.3 is 14.8 Å². The number of fused-ring (bicyclic) bond motifs is 2. The zero-order valence-electron chi connectivity index (χ0n) is 14.7. The van der Waals surface area contributed by atoms with Crippen molar-refractivity contribution in [2.75, 3.05) is 7.11 Å². The second-order valence-electron chi connectivity index (χ2n) is 6.31. The second kappa shape index (κ2) is 6.18. The third-order valence-electron chi connectivity index (χ3n) is 4.69. The summed E-state index contributed by atoms with van der Waals surface area (Å²) in [7, 11) is 1.52. The summed E-state index contributed by atoms with van der Waals surface area (Å²) in [5.41, 5.74) is 3.39. The van der Waals surface area contributed by atoms with Crippen LogP contribution in [0.5, 0.6) is 5.75 Å². The molecule has 134 valence electrons. The van der Waals surface area contributed by atoms with E-state index >= 15 is 0 Å². The molecule has 4 aromatic rings. The molecule has 0 aliphatic heterocycles. The molecular formula is C20H16N4O3. The van der Waals surface area contributed by atoms with Crippen LogP contribution in [-0.2, 0) is 4.79 Å². The van der Waals surface area contributed by atoms with Gasteiger partial charge in [-0.25, -0.2) is 4.79 Å². The summed E-state index contributed by atoms with van der Waals surface area (Å²) in [5.74, 6) is -0.558. The standard InChI is InChI=1S/C20H16N4O3/c1-11-7-16(27-2)17(14-5-6-22-18(11)14)19(20(25)26)24-10-13-4-3-12(9-21)8-15(13)23-24/h3-8,10,19,22H,1-2H3,(H,25,26). The topological polar surface area (TPSA) is 104 Å². The molecule has 7 heteroatoms. The number of hydrogen-bond acceptors (Lipinski definition) is 4. The third kappa shape index (κ3) is 2.59. The molecule has 0 spiro atoms. The highest BCUT2D eigenvalue weighted by molar-refractivity contribution is 5.93. The first-order valence-electron chi connectivity index (χ1n) is 8.30. The molecule has 0 aliphatic carbocycles. The van der Waals surface area contributed by atoms with Crippen LogP contribution in [0.4, 0.5) is 0 Å². The van der Waals surface area contributed by atoms with Crippen LogP contribution in [0, 0.1) is 18.3 Å². The van der Waals surface area contributed by atoms with Gasteiger partial charge in [-0.2, -0.15) is 10.4 Å². The summed E-state index contributed by atoms with van der Waals surface area (Å²) >= 11 is 0. The van der Waals surface area contributed by atoms with Crippen LogP contribution in [0.2, 0.25) is 0 Å². The Morgan fingerprint density at radius 2 is 2.19 bits per heavy atom. The molecular weight excluding hydrogens is 344 g/mol. The van der Waals surface area contributed by atoms with Gasteiger partial charge in [0.1, 0.15) is 5.75 Å². The Morgan fingerprint density at radius 3 is 2.89 bits per heavy atom. The number of methoxy groups -OCH3 is 1. The van der Waals surface area contributed by atoms with E-state index in [1.165, 1.54) is 11.8 Å². The predicted molar refractivity (Wildman–Crippen MR) is 99.8 cm³/mol. The lowest BCUT2D eigenvalue weighted by molar-refractivity contribution is -0.139. The van der Waals surface area contributed by atoms with Gasteiger partial charge in [0, 0.05) is 34.2 Å². The minimum Gasteiger partial charge on any atom is -0.496 e. The van der Waals surface area contributed by atoms with Crippen LogP contribution in [0.1, 0.15) is 22.7 Å². The molecule has 0 saturated carbocycles. The number of carboxylic acids is 1. The van der Waals surface area contributed by atoms with Crippen LogP contribution < -0.4 is 4.74 Å². The maximum absolute atomic E-state index is 12.2. The van der Waals surface area contributed by atoms with Crippen molar-refractivity contribution in [3.05, 3.63) is 59.4 Å². The summed E-state index contributed by atoms with van der Waals surface area (Å²) in [4.78, 5) is 15.4. The number of ether oxygens (including phenoxy) is 1. The molecule has 0 amide bonds. The summed E-state index contributed by atoms with van der Waals surface area (Å²) in [5, 5.41) is 25.0. The number of rotatable bonds is 4. The molecule has 4 rings (SSSR count). The Kier molecular flexibility index (Phi) is 3.81. The third-order valence-corrected chi connectivity index (χ3v) is 4.69. The summed E-state index contributed by atoms with van der Waals surface area (Å²) in [6, 6.07) is 9.74. The molecule has 0 aliphatic rings. The largest absolute Gasteiger partial charge is 0.496 e. The Hall–Kier alpha value is -3.79. The molecule has 1 atom stereocenters. The number of nitriles is 1. The van der Waals surface area contributed by atoms with Crippen molar-refractivity contribution in [3.63, 3.8) is 0 Å². The molecule has 1 unspecified atom stereocenters. The van der Waals surface area contributed by atoms with Crippen molar-refractivity contribution in [2.24, 2.45) is 0 Å². The van der Waals surface area contributed by atoms with Gasteiger partial charge in [-0.3, -0.25) is 4.68 Å². The van der Waals surface area contributed by atoms with Crippen LogP contribution in [-0.4, -0.2) is 33.0 Å². The minimum atomic E-state index is -1.07. The number of aryl methyl sites for hydroxylation is 1. The van der Waals surface area contributed by atoms with Crippen LogP contribution >= 0.6 is 0 Å².